The molecule has 8 nitrogen and oxygen atoms in total. The second-order valence-corrected chi connectivity index (χ2v) is 8.51. The van der Waals surface area contributed by atoms with E-state index in [1.165, 1.54) is 25.6 Å². The largest absolute Gasteiger partial charge is 0.466 e. The summed E-state index contributed by atoms with van der Waals surface area (Å²) in [6.07, 6.45) is 3.49. The van der Waals surface area contributed by atoms with Crippen LogP contribution >= 0.6 is 11.3 Å². The number of hydrogen-bond donors (Lipinski definition) is 2. The van der Waals surface area contributed by atoms with E-state index in [1.807, 2.05) is 41.8 Å². The number of thiazole rings is 1. The van der Waals surface area contributed by atoms with Gasteiger partial charge in [-0.2, -0.15) is 0 Å². The average Bonchev–Trinajstić information content (AvgIpc) is 3.32. The van der Waals surface area contributed by atoms with Gasteiger partial charge in [0.25, 0.3) is 0 Å². The topological polar surface area (TPSA) is 102 Å². The number of nitrogens with zero attached hydrogens (tertiary/aromatic N) is 2. The number of pyridine rings is 1. The van der Waals surface area contributed by atoms with E-state index in [4.69, 9.17) is 9.47 Å². The van der Waals surface area contributed by atoms with Crippen molar-refractivity contribution >= 4 is 34.1 Å². The van der Waals surface area contributed by atoms with E-state index < -0.39 is 17.9 Å². The number of allylic oxidation sites excluding steroid dienone is 2. The Bertz CT molecular complexity index is 1260. The van der Waals surface area contributed by atoms with E-state index >= 15 is 0 Å². The third-order valence-electron chi connectivity index (χ3n) is 5.50. The molecule has 0 aliphatic carbocycles. The van der Waals surface area contributed by atoms with Crippen LogP contribution in [-0.2, 0) is 19.1 Å². The minimum absolute atomic E-state index is 0.360. The van der Waals surface area contributed by atoms with E-state index in [-0.39, 0.29) is 0 Å². The minimum atomic E-state index is -0.648. The molecule has 0 unspecified atom stereocenters. The standard InChI is InChI=1S/C25H24N4O4S/c1-14-20(23(30)32-3)22(21(15(2)27-14)24(31)33-4)16-7-5-9-18(11-16)28-25-29-19(13-34-25)17-8-6-10-26-12-17/h5-13,22,27H,1-4H3,(H,28,29). The third kappa shape index (κ3) is 4.55. The van der Waals surface area contributed by atoms with Gasteiger partial charge in [0.05, 0.1) is 37.0 Å². The fraction of sp³-hybridized carbons (Fsp3) is 0.200. The van der Waals surface area contributed by atoms with E-state index in [1.54, 1.807) is 26.2 Å². The number of aromatic nitrogens is 2. The smallest absolute Gasteiger partial charge is 0.336 e. The van der Waals surface area contributed by atoms with E-state index in [9.17, 15) is 9.59 Å². The fourth-order valence-electron chi connectivity index (χ4n) is 3.99. The van der Waals surface area contributed by atoms with Crippen LogP contribution in [0.15, 0.2) is 76.7 Å². The second kappa shape index (κ2) is 9.88. The molecule has 1 aromatic carbocycles. The summed E-state index contributed by atoms with van der Waals surface area (Å²) >= 11 is 1.47. The predicted octanol–water partition coefficient (Wildman–Crippen LogP) is 4.53. The number of anilines is 2. The summed E-state index contributed by atoms with van der Waals surface area (Å²) < 4.78 is 10.1. The molecule has 3 heterocycles. The normalized spacial score (nSPS) is 14.0. The number of dihydropyridines is 1. The third-order valence-corrected chi connectivity index (χ3v) is 6.26. The average molecular weight is 477 g/mol. The molecule has 0 radical (unpaired) electrons. The Morgan fingerprint density at radius 1 is 1.03 bits per heavy atom. The van der Waals surface area contributed by atoms with Crippen LogP contribution in [0.1, 0.15) is 25.3 Å². The van der Waals surface area contributed by atoms with Gasteiger partial charge in [0.1, 0.15) is 0 Å². The lowest BCUT2D eigenvalue weighted by molar-refractivity contribution is -0.137. The SMILES string of the molecule is COC(=O)C1=C(C)NC(C)=C(C(=O)OC)C1c1cccc(Nc2nc(-c3cccnc3)cs2)c1. The molecule has 0 spiro atoms. The lowest BCUT2D eigenvalue weighted by Gasteiger charge is -2.30. The fourth-order valence-corrected chi connectivity index (χ4v) is 4.73. The Morgan fingerprint density at radius 2 is 1.74 bits per heavy atom. The van der Waals surface area contributed by atoms with Gasteiger partial charge in [-0.25, -0.2) is 14.6 Å². The van der Waals surface area contributed by atoms with Crippen molar-refractivity contribution in [2.75, 3.05) is 19.5 Å². The maximum absolute atomic E-state index is 12.7. The molecule has 9 heteroatoms. The zero-order chi connectivity index (χ0) is 24.2. The Morgan fingerprint density at radius 3 is 2.35 bits per heavy atom. The van der Waals surface area contributed by atoms with E-state index in [2.05, 4.69) is 20.6 Å². The number of hydrogen-bond acceptors (Lipinski definition) is 9. The first-order chi connectivity index (χ1) is 16.4. The molecule has 0 saturated carbocycles. The van der Waals surface area contributed by atoms with Gasteiger partial charge in [-0.3, -0.25) is 4.98 Å². The molecular formula is C25H24N4O4S. The van der Waals surface area contributed by atoms with Crippen molar-refractivity contribution in [2.24, 2.45) is 0 Å². The first-order valence-corrected chi connectivity index (χ1v) is 11.4. The van der Waals surface area contributed by atoms with E-state index in [0.29, 0.717) is 27.7 Å². The molecular weight excluding hydrogens is 452 g/mol. The van der Waals surface area contributed by atoms with Gasteiger partial charge in [-0.15, -0.1) is 11.3 Å². The van der Waals surface area contributed by atoms with Gasteiger partial charge < -0.3 is 20.1 Å². The molecule has 0 fully saturated rings. The van der Waals surface area contributed by atoms with Crippen molar-refractivity contribution < 1.29 is 19.1 Å². The van der Waals surface area contributed by atoms with Gasteiger partial charge in [-0.1, -0.05) is 12.1 Å². The first kappa shape index (κ1) is 23.2. The molecule has 1 aliphatic rings. The maximum Gasteiger partial charge on any atom is 0.336 e. The molecule has 0 atom stereocenters. The molecule has 4 rings (SSSR count). The lowest BCUT2D eigenvalue weighted by Crippen LogP contribution is -2.32. The molecule has 0 saturated heterocycles. The Labute approximate surface area is 201 Å². The molecule has 34 heavy (non-hydrogen) atoms. The highest BCUT2D eigenvalue weighted by Gasteiger charge is 2.37. The summed E-state index contributed by atoms with van der Waals surface area (Å²) in [7, 11) is 2.64. The molecule has 174 valence electrons. The predicted molar refractivity (Wildman–Crippen MR) is 130 cm³/mol. The second-order valence-electron chi connectivity index (χ2n) is 7.65. The van der Waals surface area contributed by atoms with Crippen molar-refractivity contribution in [3.63, 3.8) is 0 Å². The Hall–Kier alpha value is -3.98. The van der Waals surface area contributed by atoms with Gasteiger partial charge in [0, 0.05) is 40.4 Å². The Kier molecular flexibility index (Phi) is 6.74. The van der Waals surface area contributed by atoms with Crippen LogP contribution in [-0.4, -0.2) is 36.1 Å². The highest BCUT2D eigenvalue weighted by Crippen LogP contribution is 2.40. The zero-order valence-electron chi connectivity index (χ0n) is 19.2. The zero-order valence-corrected chi connectivity index (χ0v) is 20.0. The van der Waals surface area contributed by atoms with Crippen molar-refractivity contribution in [2.45, 2.75) is 19.8 Å². The monoisotopic (exact) mass is 476 g/mol. The number of carbonyl (C=O) groups is 2. The lowest BCUT2D eigenvalue weighted by atomic mass is 9.80. The van der Waals surface area contributed by atoms with Crippen molar-refractivity contribution in [3.8, 4) is 11.3 Å². The van der Waals surface area contributed by atoms with E-state index in [0.717, 1.165) is 22.5 Å². The van der Waals surface area contributed by atoms with Gasteiger partial charge in [0.2, 0.25) is 0 Å². The van der Waals surface area contributed by atoms with Crippen LogP contribution in [0.4, 0.5) is 10.8 Å². The van der Waals surface area contributed by atoms with Crippen LogP contribution < -0.4 is 10.6 Å². The van der Waals surface area contributed by atoms with Crippen LogP contribution in [0.5, 0.6) is 0 Å². The highest BCUT2D eigenvalue weighted by molar-refractivity contribution is 7.14. The summed E-state index contributed by atoms with van der Waals surface area (Å²) in [5, 5.41) is 9.10. The number of methoxy groups -OCH3 is 2. The molecule has 3 aromatic rings. The highest BCUT2D eigenvalue weighted by atomic mass is 32.1. The van der Waals surface area contributed by atoms with Crippen LogP contribution in [0.25, 0.3) is 11.3 Å². The van der Waals surface area contributed by atoms with Gasteiger partial charge >= 0.3 is 11.9 Å². The summed E-state index contributed by atoms with van der Waals surface area (Å²) in [6.45, 7) is 3.57. The first-order valence-electron chi connectivity index (χ1n) is 10.5. The molecule has 2 aromatic heterocycles. The van der Waals surface area contributed by atoms with Gasteiger partial charge in [-0.05, 0) is 43.7 Å². The van der Waals surface area contributed by atoms with Crippen LogP contribution in [0, 0.1) is 0 Å². The number of carbonyl (C=O) groups excluding carboxylic acids is 2. The van der Waals surface area contributed by atoms with Crippen molar-refractivity contribution in [1.82, 2.24) is 15.3 Å². The molecule has 0 bridgehead atoms. The number of esters is 2. The summed E-state index contributed by atoms with van der Waals surface area (Å²) in [5.74, 6) is -1.67. The van der Waals surface area contributed by atoms with Crippen LogP contribution in [0.3, 0.4) is 0 Å². The number of nitrogens with one attached hydrogen (secondary N) is 2. The Balaban J connectivity index is 1.70. The van der Waals surface area contributed by atoms with Crippen molar-refractivity contribution in [3.05, 3.63) is 82.3 Å². The maximum atomic E-state index is 12.7. The summed E-state index contributed by atoms with van der Waals surface area (Å²) in [4.78, 5) is 34.2. The number of ether oxygens (including phenoxy) is 2. The van der Waals surface area contributed by atoms with Crippen molar-refractivity contribution in [1.29, 1.82) is 0 Å². The minimum Gasteiger partial charge on any atom is -0.466 e. The quantitative estimate of drug-likeness (QED) is 0.501. The van der Waals surface area contributed by atoms with Crippen LogP contribution in [0.2, 0.25) is 0 Å². The molecule has 2 N–H and O–H groups in total. The molecule has 1 aliphatic heterocycles. The number of rotatable bonds is 6. The summed E-state index contributed by atoms with van der Waals surface area (Å²) in [5.41, 5.74) is 5.25. The summed E-state index contributed by atoms with van der Waals surface area (Å²) in [6, 6.07) is 11.4. The van der Waals surface area contributed by atoms with Gasteiger partial charge in [0.15, 0.2) is 5.13 Å². The molecule has 0 amide bonds. The number of benzene rings is 1.